The van der Waals surface area contributed by atoms with E-state index < -0.39 is 5.91 Å². The van der Waals surface area contributed by atoms with Crippen LogP contribution in [-0.2, 0) is 11.4 Å². The summed E-state index contributed by atoms with van der Waals surface area (Å²) in [5, 5.41) is 12.5. The Morgan fingerprint density at radius 2 is 1.87 bits per heavy atom. The zero-order valence-electron chi connectivity index (χ0n) is 15.5. The van der Waals surface area contributed by atoms with Gasteiger partial charge in [-0.15, -0.1) is 0 Å². The van der Waals surface area contributed by atoms with Crippen LogP contribution in [0.1, 0.15) is 11.1 Å². The molecule has 0 aromatic heterocycles. The number of nitrogens with one attached hydrogen (secondary N) is 1. The van der Waals surface area contributed by atoms with Crippen molar-refractivity contribution in [2.45, 2.75) is 6.61 Å². The molecular weight excluding hydrogens is 532 g/mol. The number of carbonyl (C=O) groups is 1. The molecule has 0 aliphatic carbocycles. The average Bonchev–Trinajstić information content (AvgIpc) is 2.72. The lowest BCUT2D eigenvalue weighted by Crippen LogP contribution is -2.13. The second kappa shape index (κ2) is 10.4. The number of nitriles is 1. The van der Waals surface area contributed by atoms with Gasteiger partial charge in [0.05, 0.1) is 0 Å². The summed E-state index contributed by atoms with van der Waals surface area (Å²) in [5.41, 5.74) is 2.25. The van der Waals surface area contributed by atoms with E-state index in [-0.39, 0.29) is 5.57 Å². The van der Waals surface area contributed by atoms with Crippen molar-refractivity contribution < 1.29 is 9.53 Å². The molecule has 0 bridgehead atoms. The molecule has 3 aromatic rings. The molecule has 0 heterocycles. The van der Waals surface area contributed by atoms with Gasteiger partial charge in [-0.25, -0.2) is 0 Å². The first kappa shape index (κ1) is 22.1. The summed E-state index contributed by atoms with van der Waals surface area (Å²) in [5.74, 6) is 0.184. The Morgan fingerprint density at radius 3 is 2.53 bits per heavy atom. The van der Waals surface area contributed by atoms with Gasteiger partial charge < -0.3 is 10.1 Å². The lowest BCUT2D eigenvalue weighted by molar-refractivity contribution is -0.112. The molecule has 0 atom stereocenters. The predicted molar refractivity (Wildman–Crippen MR) is 126 cm³/mol. The average molecular weight is 547 g/mol. The number of amides is 1. The lowest BCUT2D eigenvalue weighted by Gasteiger charge is -2.09. The Balaban J connectivity index is 1.65. The monoisotopic (exact) mass is 544 g/mol. The van der Waals surface area contributed by atoms with Crippen molar-refractivity contribution in [2.75, 3.05) is 5.32 Å². The minimum atomic E-state index is -0.500. The Labute approximate surface area is 196 Å². The van der Waals surface area contributed by atoms with Gasteiger partial charge in [-0.2, -0.15) is 5.26 Å². The molecule has 3 rings (SSSR count). The molecule has 0 aliphatic heterocycles. The van der Waals surface area contributed by atoms with Crippen LogP contribution in [0.25, 0.3) is 6.08 Å². The van der Waals surface area contributed by atoms with Crippen LogP contribution in [0.5, 0.6) is 5.75 Å². The Bertz CT molecular complexity index is 1140. The van der Waals surface area contributed by atoms with Crippen LogP contribution in [0.3, 0.4) is 0 Å². The van der Waals surface area contributed by atoms with E-state index >= 15 is 0 Å². The SMILES string of the molecule is N#C/C(=C/c1ccc(OCc2ccc(Br)cc2Br)cc1)C(=O)Nc1cccc(Cl)c1. The van der Waals surface area contributed by atoms with E-state index in [0.29, 0.717) is 28.6 Å². The molecule has 30 heavy (non-hydrogen) atoms. The number of benzene rings is 3. The fourth-order valence-corrected chi connectivity index (χ4v) is 3.89. The first-order valence-corrected chi connectivity index (χ1v) is 10.8. The van der Waals surface area contributed by atoms with Crippen molar-refractivity contribution in [1.82, 2.24) is 0 Å². The molecule has 0 spiro atoms. The largest absolute Gasteiger partial charge is 0.489 e. The smallest absolute Gasteiger partial charge is 0.266 e. The third-order valence-electron chi connectivity index (χ3n) is 4.05. The van der Waals surface area contributed by atoms with Crippen molar-refractivity contribution in [1.29, 1.82) is 5.26 Å². The molecule has 0 saturated carbocycles. The number of anilines is 1. The molecule has 0 saturated heterocycles. The maximum Gasteiger partial charge on any atom is 0.266 e. The summed E-state index contributed by atoms with van der Waals surface area (Å²) in [7, 11) is 0. The number of hydrogen-bond donors (Lipinski definition) is 1. The minimum absolute atomic E-state index is 0.0116. The van der Waals surface area contributed by atoms with Gasteiger partial charge in [-0.05, 0) is 54.1 Å². The van der Waals surface area contributed by atoms with Crippen LogP contribution in [-0.4, -0.2) is 5.91 Å². The van der Waals surface area contributed by atoms with Gasteiger partial charge in [0.1, 0.15) is 24.0 Å². The molecule has 0 fully saturated rings. The zero-order valence-corrected chi connectivity index (χ0v) is 19.5. The maximum atomic E-state index is 12.4. The van der Waals surface area contributed by atoms with E-state index in [1.807, 2.05) is 24.3 Å². The summed E-state index contributed by atoms with van der Waals surface area (Å²) in [6, 6.07) is 21.7. The van der Waals surface area contributed by atoms with Crippen LogP contribution in [0, 0.1) is 11.3 Å². The van der Waals surface area contributed by atoms with Crippen molar-refractivity contribution in [3.8, 4) is 11.8 Å². The van der Waals surface area contributed by atoms with E-state index in [1.165, 1.54) is 6.08 Å². The Morgan fingerprint density at radius 1 is 1.10 bits per heavy atom. The van der Waals surface area contributed by atoms with Gasteiger partial charge in [-0.3, -0.25) is 4.79 Å². The van der Waals surface area contributed by atoms with E-state index in [1.54, 1.807) is 48.5 Å². The molecule has 1 N–H and O–H groups in total. The fourth-order valence-electron chi connectivity index (χ4n) is 2.54. The molecule has 0 aliphatic rings. The molecular formula is C23H15Br2ClN2O2. The Kier molecular flexibility index (Phi) is 7.69. The molecule has 3 aromatic carbocycles. The van der Waals surface area contributed by atoms with Crippen LogP contribution < -0.4 is 10.1 Å². The maximum absolute atomic E-state index is 12.4. The fraction of sp³-hybridized carbons (Fsp3) is 0.0435. The lowest BCUT2D eigenvalue weighted by atomic mass is 10.1. The first-order chi connectivity index (χ1) is 14.4. The third kappa shape index (κ3) is 6.20. The normalized spacial score (nSPS) is 10.9. The number of nitrogens with zero attached hydrogens (tertiary/aromatic N) is 1. The molecule has 150 valence electrons. The van der Waals surface area contributed by atoms with Crippen molar-refractivity contribution in [3.63, 3.8) is 0 Å². The quantitative estimate of drug-likeness (QED) is 0.268. The molecule has 7 heteroatoms. The van der Waals surface area contributed by atoms with E-state index in [2.05, 4.69) is 37.2 Å². The topological polar surface area (TPSA) is 62.1 Å². The van der Waals surface area contributed by atoms with E-state index in [0.717, 1.165) is 14.5 Å². The summed E-state index contributed by atoms with van der Waals surface area (Å²) in [6.07, 6.45) is 1.52. The van der Waals surface area contributed by atoms with Crippen LogP contribution >= 0.6 is 43.5 Å². The van der Waals surface area contributed by atoms with Crippen molar-refractivity contribution >= 4 is 61.1 Å². The second-order valence-corrected chi connectivity index (χ2v) is 8.43. The van der Waals surface area contributed by atoms with Crippen LogP contribution in [0.15, 0.2) is 81.2 Å². The first-order valence-electron chi connectivity index (χ1n) is 8.80. The Hall–Kier alpha value is -2.59. The van der Waals surface area contributed by atoms with Gasteiger partial charge in [0.25, 0.3) is 5.91 Å². The standard InChI is InChI=1S/C23H15Br2ClN2O2/c24-18-7-6-16(22(25)11-18)14-30-21-8-4-15(5-9-21)10-17(13-27)23(29)28-20-3-1-2-19(26)12-20/h1-12H,14H2,(H,28,29)/b17-10-. The number of hydrogen-bond acceptors (Lipinski definition) is 3. The number of halogens is 3. The van der Waals surface area contributed by atoms with Gasteiger partial charge in [-0.1, -0.05) is 67.7 Å². The molecule has 4 nitrogen and oxygen atoms in total. The second-order valence-electron chi connectivity index (χ2n) is 6.23. The highest BCUT2D eigenvalue weighted by Gasteiger charge is 2.10. The minimum Gasteiger partial charge on any atom is -0.489 e. The van der Waals surface area contributed by atoms with Crippen LogP contribution in [0.4, 0.5) is 5.69 Å². The number of ether oxygens (including phenoxy) is 1. The molecule has 0 unspecified atom stereocenters. The summed E-state index contributed by atoms with van der Waals surface area (Å²) >= 11 is 12.9. The summed E-state index contributed by atoms with van der Waals surface area (Å²) in [4.78, 5) is 12.4. The van der Waals surface area contributed by atoms with Crippen LogP contribution in [0.2, 0.25) is 5.02 Å². The highest BCUT2D eigenvalue weighted by molar-refractivity contribution is 9.11. The predicted octanol–water partition coefficient (Wildman–Crippen LogP) is 6.99. The van der Waals surface area contributed by atoms with E-state index in [4.69, 9.17) is 16.3 Å². The summed E-state index contributed by atoms with van der Waals surface area (Å²) in [6.45, 7) is 0.411. The van der Waals surface area contributed by atoms with Crippen molar-refractivity contribution in [2.24, 2.45) is 0 Å². The van der Waals surface area contributed by atoms with Gasteiger partial charge in [0, 0.05) is 25.2 Å². The summed E-state index contributed by atoms with van der Waals surface area (Å²) < 4.78 is 7.76. The van der Waals surface area contributed by atoms with Gasteiger partial charge in [0.15, 0.2) is 0 Å². The zero-order chi connectivity index (χ0) is 21.5. The van der Waals surface area contributed by atoms with Crippen molar-refractivity contribution in [3.05, 3.63) is 97.4 Å². The van der Waals surface area contributed by atoms with Gasteiger partial charge in [0.2, 0.25) is 0 Å². The highest BCUT2D eigenvalue weighted by Crippen LogP contribution is 2.24. The van der Waals surface area contributed by atoms with Gasteiger partial charge >= 0.3 is 0 Å². The molecule has 1 amide bonds. The molecule has 0 radical (unpaired) electrons. The third-order valence-corrected chi connectivity index (χ3v) is 5.51. The number of carbonyl (C=O) groups excluding carboxylic acids is 1. The number of rotatable bonds is 6. The van der Waals surface area contributed by atoms with E-state index in [9.17, 15) is 10.1 Å². The highest BCUT2D eigenvalue weighted by atomic mass is 79.9.